The van der Waals surface area contributed by atoms with Crippen LogP contribution in [0.4, 0.5) is 17.6 Å². The number of guanidine groups is 2. The van der Waals surface area contributed by atoms with Gasteiger partial charge in [0.15, 0.2) is 11.6 Å². The Morgan fingerprint density at radius 1 is 1.03 bits per heavy atom. The Morgan fingerprint density at radius 2 is 1.63 bits per heavy atom. The Labute approximate surface area is 172 Å². The van der Waals surface area contributed by atoms with Crippen LogP contribution in [0.25, 0.3) is 0 Å². The lowest BCUT2D eigenvalue weighted by Crippen LogP contribution is -2.62. The fourth-order valence-corrected chi connectivity index (χ4v) is 4.59. The molecule has 11 heteroatoms. The molecule has 1 aromatic heterocycles. The van der Waals surface area contributed by atoms with Gasteiger partial charge < -0.3 is 16.0 Å². The van der Waals surface area contributed by atoms with Crippen LogP contribution in [0.5, 0.6) is 0 Å². The summed E-state index contributed by atoms with van der Waals surface area (Å²) in [4.78, 5) is 16.6. The first kappa shape index (κ1) is 20.9. The number of nitrogens with one attached hydrogen (secondary N) is 3. The van der Waals surface area contributed by atoms with Gasteiger partial charge in [-0.3, -0.25) is 5.32 Å². The number of aryl methyl sites for hydroxylation is 1. The summed E-state index contributed by atoms with van der Waals surface area (Å²) in [5.41, 5.74) is 5.56. The molecule has 3 aliphatic rings. The molecule has 1 unspecified atom stereocenters. The number of nitrogens with two attached hydrogens (primary N) is 1. The molecule has 0 bridgehead atoms. The molecule has 7 nitrogen and oxygen atoms in total. The SMILES string of the molecule is Cc1ncc(C2(C3CCC(F)(F)CC3)N=C(N)NC(=NC3CCC(F)(F)CC3)N2)[nH]1. The van der Waals surface area contributed by atoms with Gasteiger partial charge in [0, 0.05) is 31.6 Å². The largest absolute Gasteiger partial charge is 0.370 e. The van der Waals surface area contributed by atoms with Gasteiger partial charge in [0.25, 0.3) is 0 Å². The Kier molecular flexibility index (Phi) is 5.17. The Morgan fingerprint density at radius 3 is 2.20 bits per heavy atom. The van der Waals surface area contributed by atoms with Crippen LogP contribution in [-0.2, 0) is 5.66 Å². The summed E-state index contributed by atoms with van der Waals surface area (Å²) in [6.07, 6.45) is 1.76. The standard InChI is InChI=1S/C19H27F4N7/c1-11-25-10-14(26-11)19(12-2-6-17(20,21)7-3-12)29-15(24)28-16(30-19)27-13-4-8-18(22,23)9-5-13/h10,12-13H,2-9H2,1H3,(H,25,26)(H4,24,27,28,29,30). The molecule has 4 rings (SSSR count). The number of alkyl halides is 4. The molecule has 0 aromatic carbocycles. The zero-order valence-corrected chi connectivity index (χ0v) is 16.8. The van der Waals surface area contributed by atoms with E-state index in [4.69, 9.17) is 5.73 Å². The molecule has 2 aliphatic carbocycles. The van der Waals surface area contributed by atoms with E-state index in [0.717, 1.165) is 0 Å². The van der Waals surface area contributed by atoms with Gasteiger partial charge >= 0.3 is 0 Å². The number of nitrogens with zero attached hydrogens (tertiary/aromatic N) is 3. The molecule has 1 aliphatic heterocycles. The summed E-state index contributed by atoms with van der Waals surface area (Å²) in [5.74, 6) is -4.52. The van der Waals surface area contributed by atoms with Crippen molar-refractivity contribution in [3.63, 3.8) is 0 Å². The molecule has 2 fully saturated rings. The van der Waals surface area contributed by atoms with Gasteiger partial charge in [0.2, 0.25) is 17.8 Å². The Bertz CT molecular complexity index is 830. The minimum absolute atomic E-state index is 0.0956. The van der Waals surface area contributed by atoms with Crippen LogP contribution in [0.3, 0.4) is 0 Å². The summed E-state index contributed by atoms with van der Waals surface area (Å²) in [7, 11) is 0. The maximum atomic E-state index is 13.8. The molecule has 1 atom stereocenters. The summed E-state index contributed by atoms with van der Waals surface area (Å²) < 4.78 is 54.6. The number of halogens is 4. The molecule has 2 heterocycles. The van der Waals surface area contributed by atoms with Crippen molar-refractivity contribution in [2.75, 3.05) is 0 Å². The van der Waals surface area contributed by atoms with Crippen molar-refractivity contribution in [3.8, 4) is 0 Å². The first-order chi connectivity index (χ1) is 14.1. The van der Waals surface area contributed by atoms with Gasteiger partial charge in [-0.05, 0) is 32.6 Å². The third-order valence-electron chi connectivity index (χ3n) is 6.27. The third kappa shape index (κ3) is 4.24. The molecule has 30 heavy (non-hydrogen) atoms. The highest BCUT2D eigenvalue weighted by Gasteiger charge is 2.49. The van der Waals surface area contributed by atoms with Gasteiger partial charge in [-0.1, -0.05) is 0 Å². The van der Waals surface area contributed by atoms with Crippen LogP contribution in [0.1, 0.15) is 62.9 Å². The van der Waals surface area contributed by atoms with Crippen LogP contribution in [-0.4, -0.2) is 39.8 Å². The molecule has 0 radical (unpaired) electrons. The normalized spacial score (nSPS) is 31.1. The highest BCUT2D eigenvalue weighted by molar-refractivity contribution is 6.00. The molecular weight excluding hydrogens is 402 g/mol. The lowest BCUT2D eigenvalue weighted by Gasteiger charge is -2.44. The summed E-state index contributed by atoms with van der Waals surface area (Å²) in [5, 5.41) is 6.13. The van der Waals surface area contributed by atoms with E-state index in [1.54, 1.807) is 13.1 Å². The zero-order valence-electron chi connectivity index (χ0n) is 16.8. The Hall–Kier alpha value is -2.33. The van der Waals surface area contributed by atoms with E-state index in [2.05, 4.69) is 30.6 Å². The van der Waals surface area contributed by atoms with Crippen molar-refractivity contribution in [1.82, 2.24) is 20.6 Å². The second kappa shape index (κ2) is 7.42. The van der Waals surface area contributed by atoms with Crippen molar-refractivity contribution in [1.29, 1.82) is 0 Å². The fraction of sp³-hybridized carbons (Fsp3) is 0.737. The van der Waals surface area contributed by atoms with Crippen LogP contribution >= 0.6 is 0 Å². The fourth-order valence-electron chi connectivity index (χ4n) is 4.59. The summed E-state index contributed by atoms with van der Waals surface area (Å²) in [6.45, 7) is 1.79. The average molecular weight is 429 g/mol. The number of rotatable bonds is 3. The van der Waals surface area contributed by atoms with Crippen LogP contribution < -0.4 is 16.4 Å². The van der Waals surface area contributed by atoms with Gasteiger partial charge in [-0.15, -0.1) is 0 Å². The van der Waals surface area contributed by atoms with E-state index in [9.17, 15) is 17.6 Å². The number of aromatic nitrogens is 2. The maximum Gasteiger partial charge on any atom is 0.248 e. The first-order valence-corrected chi connectivity index (χ1v) is 10.3. The molecule has 166 valence electrons. The van der Waals surface area contributed by atoms with Gasteiger partial charge in [0.1, 0.15) is 5.82 Å². The minimum Gasteiger partial charge on any atom is -0.370 e. The van der Waals surface area contributed by atoms with Crippen molar-refractivity contribution in [2.24, 2.45) is 21.6 Å². The van der Waals surface area contributed by atoms with E-state index in [0.29, 0.717) is 17.5 Å². The van der Waals surface area contributed by atoms with E-state index < -0.39 is 17.5 Å². The third-order valence-corrected chi connectivity index (χ3v) is 6.27. The lowest BCUT2D eigenvalue weighted by molar-refractivity contribution is -0.0568. The number of H-pyrrole nitrogens is 1. The Balaban J connectivity index is 1.64. The first-order valence-electron chi connectivity index (χ1n) is 10.3. The highest BCUT2D eigenvalue weighted by Crippen LogP contribution is 2.45. The van der Waals surface area contributed by atoms with Gasteiger partial charge in [0.05, 0.1) is 17.9 Å². The number of aliphatic imine (C=N–C) groups is 2. The minimum atomic E-state index is -2.69. The summed E-state index contributed by atoms with van der Waals surface area (Å²) >= 11 is 0. The van der Waals surface area contributed by atoms with Crippen LogP contribution in [0.2, 0.25) is 0 Å². The lowest BCUT2D eigenvalue weighted by atomic mass is 9.77. The van der Waals surface area contributed by atoms with Crippen LogP contribution in [0, 0.1) is 12.8 Å². The predicted molar refractivity (Wildman–Crippen MR) is 104 cm³/mol. The molecule has 0 spiro atoms. The van der Waals surface area contributed by atoms with Crippen molar-refractivity contribution in [2.45, 2.75) is 81.8 Å². The van der Waals surface area contributed by atoms with E-state index in [1.807, 2.05) is 0 Å². The quantitative estimate of drug-likeness (QED) is 0.554. The zero-order chi connectivity index (χ0) is 21.6. The van der Waals surface area contributed by atoms with E-state index in [-0.39, 0.29) is 69.3 Å². The number of hydrogen-bond acceptors (Lipinski definition) is 4. The average Bonchev–Trinajstić information content (AvgIpc) is 3.10. The topological polar surface area (TPSA) is 103 Å². The molecule has 0 amide bonds. The van der Waals surface area contributed by atoms with E-state index >= 15 is 0 Å². The second-order valence-corrected chi connectivity index (χ2v) is 8.59. The van der Waals surface area contributed by atoms with Gasteiger partial charge in [-0.25, -0.2) is 32.5 Å². The predicted octanol–water partition coefficient (Wildman–Crippen LogP) is 3.14. The van der Waals surface area contributed by atoms with E-state index in [1.165, 1.54) is 0 Å². The molecule has 2 saturated carbocycles. The summed E-state index contributed by atoms with van der Waals surface area (Å²) in [6, 6.07) is -0.276. The molecular formula is C19H27F4N7. The van der Waals surface area contributed by atoms with Crippen molar-refractivity contribution >= 4 is 11.9 Å². The number of imidazole rings is 1. The molecule has 5 N–H and O–H groups in total. The van der Waals surface area contributed by atoms with Crippen molar-refractivity contribution < 1.29 is 17.6 Å². The highest BCUT2D eigenvalue weighted by atomic mass is 19.3. The number of aromatic amines is 1. The monoisotopic (exact) mass is 429 g/mol. The van der Waals surface area contributed by atoms with Crippen molar-refractivity contribution in [3.05, 3.63) is 17.7 Å². The smallest absolute Gasteiger partial charge is 0.248 e. The van der Waals surface area contributed by atoms with Crippen LogP contribution in [0.15, 0.2) is 16.2 Å². The molecule has 0 saturated heterocycles. The molecule has 1 aromatic rings. The number of hydrogen-bond donors (Lipinski definition) is 4. The second-order valence-electron chi connectivity index (χ2n) is 8.59. The maximum absolute atomic E-state index is 13.8. The van der Waals surface area contributed by atoms with Gasteiger partial charge in [-0.2, -0.15) is 0 Å².